The highest BCUT2D eigenvalue weighted by Crippen LogP contribution is 2.50. The van der Waals surface area contributed by atoms with Crippen LogP contribution in [-0.4, -0.2) is 54.8 Å². The van der Waals surface area contributed by atoms with Crippen LogP contribution in [0.15, 0.2) is 22.9 Å². The molecule has 7 nitrogen and oxygen atoms in total. The molecule has 0 radical (unpaired) electrons. The van der Waals surface area contributed by atoms with Gasteiger partial charge in [-0.15, -0.1) is 0 Å². The number of cyclic esters (lactones) is 2. The van der Waals surface area contributed by atoms with Crippen molar-refractivity contribution in [2.75, 3.05) is 13.7 Å². The van der Waals surface area contributed by atoms with E-state index >= 15 is 0 Å². The lowest BCUT2D eigenvalue weighted by Crippen LogP contribution is -2.46. The fourth-order valence-electron chi connectivity index (χ4n) is 6.36. The Morgan fingerprint density at radius 3 is 2.50 bits per heavy atom. The van der Waals surface area contributed by atoms with E-state index in [1.54, 1.807) is 14.0 Å². The summed E-state index contributed by atoms with van der Waals surface area (Å²) in [5.41, 5.74) is 0.489. The molecule has 30 heavy (non-hydrogen) atoms. The number of carbonyl (C=O) groups is 2. The van der Waals surface area contributed by atoms with Crippen LogP contribution in [0.4, 0.5) is 0 Å². The van der Waals surface area contributed by atoms with Gasteiger partial charge in [-0.3, -0.25) is 9.69 Å². The van der Waals surface area contributed by atoms with Crippen LogP contribution in [0.25, 0.3) is 0 Å². The van der Waals surface area contributed by atoms with Crippen molar-refractivity contribution in [1.29, 1.82) is 0 Å². The maximum Gasteiger partial charge on any atom is 0.343 e. The second kappa shape index (κ2) is 7.29. The van der Waals surface area contributed by atoms with Crippen molar-refractivity contribution < 1.29 is 28.5 Å². The molecule has 5 aliphatic heterocycles. The van der Waals surface area contributed by atoms with E-state index in [0.29, 0.717) is 35.1 Å². The standard InChI is InChI=1S/C23H31NO6/c1-11-10-17(29-22(11)25)14-7-8-15-18-12(2)20(28-16(18)6-5-9-24(14)15)21-19(27-4)13(3)23(26)30-21/h11-12,14-18H,5-10H2,1-4H3/t11-,12-,14-,15-,16+,17-,18+/m0/s1. The third-order valence-corrected chi connectivity index (χ3v) is 7.82. The molecule has 0 amide bonds. The summed E-state index contributed by atoms with van der Waals surface area (Å²) in [7, 11) is 1.56. The lowest BCUT2D eigenvalue weighted by Gasteiger charge is -2.35. The fourth-order valence-corrected chi connectivity index (χ4v) is 6.36. The first-order chi connectivity index (χ1) is 14.4. The highest BCUT2D eigenvalue weighted by atomic mass is 16.6. The first kappa shape index (κ1) is 19.9. The average molecular weight is 418 g/mol. The molecule has 7 heteroatoms. The van der Waals surface area contributed by atoms with E-state index in [4.69, 9.17) is 18.9 Å². The molecule has 7 atom stereocenters. The predicted octanol–water partition coefficient (Wildman–Crippen LogP) is 2.90. The number of ether oxygens (including phenoxy) is 4. The van der Waals surface area contributed by atoms with Gasteiger partial charge in [-0.05, 0) is 45.6 Å². The predicted molar refractivity (Wildman–Crippen MR) is 107 cm³/mol. The minimum absolute atomic E-state index is 0.00149. The highest BCUT2D eigenvalue weighted by Gasteiger charge is 2.54. The van der Waals surface area contributed by atoms with Crippen molar-refractivity contribution in [3.63, 3.8) is 0 Å². The molecule has 0 bridgehead atoms. The Morgan fingerprint density at radius 1 is 1.03 bits per heavy atom. The molecule has 5 heterocycles. The zero-order chi connectivity index (χ0) is 21.2. The third-order valence-electron chi connectivity index (χ3n) is 7.82. The molecule has 0 aromatic carbocycles. The Hall–Kier alpha value is -2.02. The van der Waals surface area contributed by atoms with E-state index in [0.717, 1.165) is 44.4 Å². The first-order valence-corrected chi connectivity index (χ1v) is 11.2. The molecule has 0 aliphatic carbocycles. The summed E-state index contributed by atoms with van der Waals surface area (Å²) in [4.78, 5) is 26.7. The number of esters is 2. The van der Waals surface area contributed by atoms with E-state index in [1.807, 2.05) is 6.92 Å². The minimum Gasteiger partial charge on any atom is -0.492 e. The lowest BCUT2D eigenvalue weighted by molar-refractivity contribution is -0.146. The van der Waals surface area contributed by atoms with Gasteiger partial charge in [0.2, 0.25) is 5.76 Å². The highest BCUT2D eigenvalue weighted by molar-refractivity contribution is 5.93. The van der Waals surface area contributed by atoms with Crippen molar-refractivity contribution >= 4 is 11.9 Å². The van der Waals surface area contributed by atoms with Gasteiger partial charge in [-0.2, -0.15) is 0 Å². The van der Waals surface area contributed by atoms with Gasteiger partial charge in [0.25, 0.3) is 0 Å². The molecule has 0 unspecified atom stereocenters. The normalized spacial score (nSPS) is 43.8. The molecule has 0 aromatic rings. The van der Waals surface area contributed by atoms with Crippen LogP contribution in [0.5, 0.6) is 0 Å². The Labute approximate surface area is 177 Å². The zero-order valence-corrected chi connectivity index (χ0v) is 18.2. The van der Waals surface area contributed by atoms with E-state index in [9.17, 15) is 9.59 Å². The minimum atomic E-state index is -0.364. The quantitative estimate of drug-likeness (QED) is 0.640. The zero-order valence-electron chi connectivity index (χ0n) is 18.2. The molecule has 4 fully saturated rings. The van der Waals surface area contributed by atoms with Gasteiger partial charge in [-0.25, -0.2) is 4.79 Å². The maximum absolute atomic E-state index is 12.1. The van der Waals surface area contributed by atoms with Crippen molar-refractivity contribution in [2.45, 2.75) is 77.2 Å². The summed E-state index contributed by atoms with van der Waals surface area (Å²) in [5.74, 6) is 1.73. The number of hydrogen-bond acceptors (Lipinski definition) is 7. The number of hydrogen-bond donors (Lipinski definition) is 0. The molecular weight excluding hydrogens is 386 g/mol. The second-order valence-corrected chi connectivity index (χ2v) is 9.47. The Kier molecular flexibility index (Phi) is 4.84. The smallest absolute Gasteiger partial charge is 0.343 e. The largest absolute Gasteiger partial charge is 0.492 e. The molecule has 0 spiro atoms. The van der Waals surface area contributed by atoms with Crippen LogP contribution >= 0.6 is 0 Å². The summed E-state index contributed by atoms with van der Waals surface area (Å²) in [6, 6.07) is 0.686. The van der Waals surface area contributed by atoms with Crippen LogP contribution in [0, 0.1) is 17.8 Å². The molecule has 0 saturated carbocycles. The summed E-state index contributed by atoms with van der Waals surface area (Å²) in [5, 5.41) is 0. The molecule has 5 aliphatic rings. The van der Waals surface area contributed by atoms with Crippen LogP contribution in [-0.2, 0) is 28.5 Å². The summed E-state index contributed by atoms with van der Waals surface area (Å²) < 4.78 is 23.2. The van der Waals surface area contributed by atoms with Gasteiger partial charge < -0.3 is 18.9 Å². The molecule has 164 valence electrons. The fraction of sp³-hybridized carbons (Fsp3) is 0.739. The van der Waals surface area contributed by atoms with Gasteiger partial charge in [0.05, 0.1) is 18.6 Å². The van der Waals surface area contributed by atoms with Crippen LogP contribution in [0.2, 0.25) is 0 Å². The van der Waals surface area contributed by atoms with E-state index in [2.05, 4.69) is 11.8 Å². The number of rotatable bonds is 2. The van der Waals surface area contributed by atoms with E-state index in [-0.39, 0.29) is 36.0 Å². The van der Waals surface area contributed by atoms with Gasteiger partial charge in [0.15, 0.2) is 5.76 Å². The van der Waals surface area contributed by atoms with Gasteiger partial charge >= 0.3 is 11.9 Å². The van der Waals surface area contributed by atoms with Crippen molar-refractivity contribution in [1.82, 2.24) is 4.90 Å². The Balaban J connectivity index is 1.42. The van der Waals surface area contributed by atoms with Gasteiger partial charge in [0.1, 0.15) is 18.0 Å². The summed E-state index contributed by atoms with van der Waals surface area (Å²) in [6.45, 7) is 6.88. The maximum atomic E-state index is 12.1. The van der Waals surface area contributed by atoms with Crippen LogP contribution < -0.4 is 0 Å². The first-order valence-electron chi connectivity index (χ1n) is 11.2. The van der Waals surface area contributed by atoms with Crippen LogP contribution in [0.3, 0.4) is 0 Å². The number of fused-ring (bicyclic) bond motifs is 3. The summed E-state index contributed by atoms with van der Waals surface area (Å²) >= 11 is 0. The lowest BCUT2D eigenvalue weighted by atomic mass is 9.82. The second-order valence-electron chi connectivity index (χ2n) is 9.47. The molecule has 4 saturated heterocycles. The molecular formula is C23H31NO6. The Morgan fingerprint density at radius 2 is 1.80 bits per heavy atom. The molecule has 0 aromatic heterocycles. The average Bonchev–Trinajstić information content (AvgIpc) is 3.40. The van der Waals surface area contributed by atoms with Crippen molar-refractivity contribution in [3.05, 3.63) is 22.9 Å². The Bertz CT molecular complexity index is 832. The van der Waals surface area contributed by atoms with E-state index in [1.165, 1.54) is 0 Å². The van der Waals surface area contributed by atoms with Crippen LogP contribution in [0.1, 0.15) is 52.9 Å². The number of carbonyl (C=O) groups excluding carboxylic acids is 2. The molecule has 5 rings (SSSR count). The SMILES string of the molecule is COC1=C(C)C(=O)OC1=C1O[C@@H]2CCCN3[C@@H](CC[C@H]3[C@@H]3C[C@H](C)C(=O)O3)[C@H]2[C@@H]1C. The topological polar surface area (TPSA) is 74.3 Å². The third kappa shape index (κ3) is 2.88. The van der Waals surface area contributed by atoms with E-state index < -0.39 is 0 Å². The van der Waals surface area contributed by atoms with Gasteiger partial charge in [0, 0.05) is 23.9 Å². The van der Waals surface area contributed by atoms with Gasteiger partial charge in [-0.1, -0.05) is 13.8 Å². The number of allylic oxidation sites excluding steroid dienone is 1. The number of nitrogens with zero attached hydrogens (tertiary/aromatic N) is 1. The monoisotopic (exact) mass is 417 g/mol. The number of methoxy groups -OCH3 is 1. The molecule has 0 N–H and O–H groups in total. The summed E-state index contributed by atoms with van der Waals surface area (Å²) in [6.07, 6.45) is 5.09. The van der Waals surface area contributed by atoms with Crippen molar-refractivity contribution in [2.24, 2.45) is 17.8 Å². The van der Waals surface area contributed by atoms with Crippen molar-refractivity contribution in [3.8, 4) is 0 Å².